The van der Waals surface area contributed by atoms with Crippen molar-refractivity contribution in [3.63, 3.8) is 0 Å². The van der Waals surface area contributed by atoms with Gasteiger partial charge < -0.3 is 19.9 Å². The number of thiocarbonyl (C=S) groups is 1. The molecule has 1 saturated heterocycles. The number of rotatable bonds is 5. The molecule has 2 heterocycles. The van der Waals surface area contributed by atoms with Gasteiger partial charge in [-0.3, -0.25) is 4.79 Å². The van der Waals surface area contributed by atoms with E-state index >= 15 is 0 Å². The molecule has 0 unspecified atom stereocenters. The van der Waals surface area contributed by atoms with Crippen molar-refractivity contribution in [2.75, 3.05) is 18.5 Å². The molecule has 0 spiro atoms. The standard InChI is InChI=1S/C23H24ClN3O2S/c1-15-7-8-21-16(10-15)11-17(22(28)26-21)13-27(14-20-6-3-9-29-20)23(30)25-19-5-2-4-18(24)12-19/h2,4-5,7-8,10-12,20H,3,6,9,13-14H2,1H3,(H,25,30)(H,26,28)/t20-/m1/s1. The fourth-order valence-electron chi connectivity index (χ4n) is 3.72. The molecule has 2 N–H and O–H groups in total. The van der Waals surface area contributed by atoms with Crippen molar-refractivity contribution in [1.82, 2.24) is 9.88 Å². The van der Waals surface area contributed by atoms with Crippen molar-refractivity contribution in [2.24, 2.45) is 0 Å². The number of aromatic nitrogens is 1. The Kier molecular flexibility index (Phi) is 6.37. The Bertz CT molecular complexity index is 1120. The molecule has 3 aromatic rings. The van der Waals surface area contributed by atoms with E-state index in [2.05, 4.69) is 16.4 Å². The Balaban J connectivity index is 1.60. The summed E-state index contributed by atoms with van der Waals surface area (Å²) in [4.78, 5) is 17.7. The minimum atomic E-state index is -0.103. The highest BCUT2D eigenvalue weighted by atomic mass is 35.5. The quantitative estimate of drug-likeness (QED) is 0.553. The van der Waals surface area contributed by atoms with Crippen LogP contribution in [0, 0.1) is 6.92 Å². The average molecular weight is 442 g/mol. The highest BCUT2D eigenvalue weighted by molar-refractivity contribution is 7.80. The molecule has 0 radical (unpaired) electrons. The van der Waals surface area contributed by atoms with Crippen LogP contribution in [-0.4, -0.2) is 34.3 Å². The predicted molar refractivity (Wildman–Crippen MR) is 126 cm³/mol. The number of anilines is 1. The van der Waals surface area contributed by atoms with E-state index in [0.29, 0.717) is 28.8 Å². The van der Waals surface area contributed by atoms with Crippen molar-refractivity contribution in [2.45, 2.75) is 32.4 Å². The summed E-state index contributed by atoms with van der Waals surface area (Å²) in [5, 5.41) is 5.43. The van der Waals surface area contributed by atoms with Crippen LogP contribution >= 0.6 is 23.8 Å². The van der Waals surface area contributed by atoms with E-state index in [-0.39, 0.29) is 11.7 Å². The van der Waals surface area contributed by atoms with Gasteiger partial charge in [0.1, 0.15) is 0 Å². The maximum Gasteiger partial charge on any atom is 0.253 e. The predicted octanol–water partition coefficient (Wildman–Crippen LogP) is 4.87. The first-order chi connectivity index (χ1) is 14.5. The lowest BCUT2D eigenvalue weighted by Gasteiger charge is -2.28. The molecule has 0 saturated carbocycles. The Morgan fingerprint density at radius 1 is 1.30 bits per heavy atom. The highest BCUT2D eigenvalue weighted by Crippen LogP contribution is 2.19. The van der Waals surface area contributed by atoms with Gasteiger partial charge in [0.15, 0.2) is 5.11 Å². The van der Waals surface area contributed by atoms with Gasteiger partial charge in [-0.25, -0.2) is 0 Å². The summed E-state index contributed by atoms with van der Waals surface area (Å²) in [6, 6.07) is 15.4. The third-order valence-corrected chi connectivity index (χ3v) is 5.84. The van der Waals surface area contributed by atoms with E-state index in [4.69, 9.17) is 28.6 Å². The number of halogens is 1. The van der Waals surface area contributed by atoms with Crippen LogP contribution in [0.3, 0.4) is 0 Å². The second-order valence-corrected chi connectivity index (χ2v) is 8.49. The molecule has 1 aliphatic rings. The summed E-state index contributed by atoms with van der Waals surface area (Å²) < 4.78 is 5.82. The van der Waals surface area contributed by atoms with Crippen LogP contribution in [0.2, 0.25) is 5.02 Å². The minimum absolute atomic E-state index is 0.103. The Labute approximate surface area is 186 Å². The number of ether oxygens (including phenoxy) is 1. The summed E-state index contributed by atoms with van der Waals surface area (Å²) in [5.74, 6) is 0. The molecule has 0 bridgehead atoms. The maximum absolute atomic E-state index is 12.7. The molecule has 2 aromatic carbocycles. The topological polar surface area (TPSA) is 57.4 Å². The zero-order valence-electron chi connectivity index (χ0n) is 16.8. The fourth-order valence-corrected chi connectivity index (χ4v) is 4.16. The van der Waals surface area contributed by atoms with Crippen LogP contribution in [-0.2, 0) is 11.3 Å². The van der Waals surface area contributed by atoms with Gasteiger partial charge in [0.2, 0.25) is 0 Å². The molecule has 1 aliphatic heterocycles. The van der Waals surface area contributed by atoms with E-state index in [1.807, 2.05) is 54.3 Å². The number of nitrogens with one attached hydrogen (secondary N) is 2. The third-order valence-electron chi connectivity index (χ3n) is 5.25. The SMILES string of the molecule is Cc1ccc2[nH]c(=O)c(CN(C[C@H]3CCCO3)C(=S)Nc3cccc(Cl)c3)cc2c1. The van der Waals surface area contributed by atoms with Gasteiger partial charge in [0, 0.05) is 34.9 Å². The normalized spacial score (nSPS) is 16.0. The fraction of sp³-hybridized carbons (Fsp3) is 0.304. The number of pyridine rings is 1. The second kappa shape index (κ2) is 9.16. The van der Waals surface area contributed by atoms with Gasteiger partial charge in [-0.1, -0.05) is 29.3 Å². The molecule has 156 valence electrons. The van der Waals surface area contributed by atoms with Crippen molar-refractivity contribution in [3.8, 4) is 0 Å². The smallest absolute Gasteiger partial charge is 0.253 e. The van der Waals surface area contributed by atoms with E-state index in [9.17, 15) is 4.79 Å². The maximum atomic E-state index is 12.7. The number of fused-ring (bicyclic) bond motifs is 1. The van der Waals surface area contributed by atoms with Crippen molar-refractivity contribution in [3.05, 3.63) is 75.0 Å². The van der Waals surface area contributed by atoms with Crippen molar-refractivity contribution >= 4 is 45.5 Å². The number of hydrogen-bond donors (Lipinski definition) is 2. The largest absolute Gasteiger partial charge is 0.376 e. The summed E-state index contributed by atoms with van der Waals surface area (Å²) in [6.07, 6.45) is 2.14. The molecule has 5 nitrogen and oxygen atoms in total. The van der Waals surface area contributed by atoms with E-state index in [1.54, 1.807) is 0 Å². The zero-order valence-corrected chi connectivity index (χ0v) is 18.4. The van der Waals surface area contributed by atoms with E-state index in [0.717, 1.165) is 41.6 Å². The lowest BCUT2D eigenvalue weighted by Crippen LogP contribution is -2.40. The van der Waals surface area contributed by atoms with Gasteiger partial charge in [0.25, 0.3) is 5.56 Å². The summed E-state index contributed by atoms with van der Waals surface area (Å²) in [6.45, 7) is 3.82. The zero-order chi connectivity index (χ0) is 21.1. The average Bonchev–Trinajstić information content (AvgIpc) is 3.21. The Morgan fingerprint density at radius 3 is 2.93 bits per heavy atom. The number of benzene rings is 2. The van der Waals surface area contributed by atoms with Crippen LogP contribution in [0.4, 0.5) is 5.69 Å². The number of hydrogen-bond acceptors (Lipinski definition) is 3. The summed E-state index contributed by atoms with van der Waals surface area (Å²) in [5.41, 5.74) is 3.36. The molecule has 7 heteroatoms. The first-order valence-corrected chi connectivity index (χ1v) is 10.8. The molecule has 30 heavy (non-hydrogen) atoms. The minimum Gasteiger partial charge on any atom is -0.376 e. The molecule has 1 aromatic heterocycles. The van der Waals surface area contributed by atoms with Gasteiger partial charge in [-0.15, -0.1) is 0 Å². The molecule has 1 fully saturated rings. The number of nitrogens with zero attached hydrogens (tertiary/aromatic N) is 1. The summed E-state index contributed by atoms with van der Waals surface area (Å²) in [7, 11) is 0. The van der Waals surface area contributed by atoms with Gasteiger partial charge >= 0.3 is 0 Å². The second-order valence-electron chi connectivity index (χ2n) is 7.67. The lowest BCUT2D eigenvalue weighted by molar-refractivity contribution is 0.0904. The van der Waals surface area contributed by atoms with Gasteiger partial charge in [-0.2, -0.15) is 0 Å². The lowest BCUT2D eigenvalue weighted by atomic mass is 10.1. The van der Waals surface area contributed by atoms with Gasteiger partial charge in [-0.05, 0) is 73.8 Å². The molecule has 0 aliphatic carbocycles. The molecular formula is C23H24ClN3O2S. The molecule has 1 atom stereocenters. The number of H-pyrrole nitrogens is 1. The number of aromatic amines is 1. The monoisotopic (exact) mass is 441 g/mol. The van der Waals surface area contributed by atoms with Gasteiger partial charge in [0.05, 0.1) is 12.6 Å². The summed E-state index contributed by atoms with van der Waals surface area (Å²) >= 11 is 11.8. The first kappa shape index (κ1) is 20.8. The first-order valence-electron chi connectivity index (χ1n) is 10.0. The van der Waals surface area contributed by atoms with Crippen LogP contribution in [0.15, 0.2) is 53.3 Å². The van der Waals surface area contributed by atoms with Crippen molar-refractivity contribution in [1.29, 1.82) is 0 Å². The third kappa shape index (κ3) is 5.01. The molecule has 0 amide bonds. The Hall–Kier alpha value is -2.41. The molecule has 4 rings (SSSR count). The number of aryl methyl sites for hydroxylation is 1. The van der Waals surface area contributed by atoms with Crippen LogP contribution in [0.1, 0.15) is 24.0 Å². The van der Waals surface area contributed by atoms with E-state index < -0.39 is 0 Å². The van der Waals surface area contributed by atoms with Crippen LogP contribution < -0.4 is 10.9 Å². The van der Waals surface area contributed by atoms with Crippen molar-refractivity contribution < 1.29 is 4.74 Å². The molecular weight excluding hydrogens is 418 g/mol. The van der Waals surface area contributed by atoms with Crippen LogP contribution in [0.5, 0.6) is 0 Å². The van der Waals surface area contributed by atoms with Crippen LogP contribution in [0.25, 0.3) is 10.9 Å². The highest BCUT2D eigenvalue weighted by Gasteiger charge is 2.22. The van der Waals surface area contributed by atoms with E-state index in [1.165, 1.54) is 0 Å². The Morgan fingerprint density at radius 2 is 2.17 bits per heavy atom.